The van der Waals surface area contributed by atoms with Crippen LogP contribution in [0.5, 0.6) is 0 Å². The van der Waals surface area contributed by atoms with Gasteiger partial charge in [-0.05, 0) is 19.3 Å². The fraction of sp³-hybridized carbons (Fsp3) is 0.636. The minimum Gasteiger partial charge on any atom is -0.468 e. The van der Waals surface area contributed by atoms with E-state index in [0.717, 1.165) is 43.2 Å². The molecule has 1 fully saturated rings. The third kappa shape index (κ3) is 2.94. The summed E-state index contributed by atoms with van der Waals surface area (Å²) in [7, 11) is 1.33. The molecule has 0 saturated heterocycles. The molecule has 1 amide bonds. The number of hydrogen-bond donors (Lipinski definition) is 0. The standard InChI is InChI=1S/C11H14N2O3S/c1-16-9(14)6-17-11-12-8-5-3-2-4-7(8)10(15)13-11/h7H,2-6H2,1H3. The number of amides is 1. The van der Waals surface area contributed by atoms with Gasteiger partial charge in [0.05, 0.1) is 18.8 Å². The Bertz CT molecular complexity index is 404. The molecule has 0 N–H and O–H groups in total. The second kappa shape index (κ2) is 5.44. The molecule has 1 aliphatic heterocycles. The number of aliphatic imine (C=N–C) groups is 2. The minimum absolute atomic E-state index is 0.105. The van der Waals surface area contributed by atoms with Gasteiger partial charge in [-0.1, -0.05) is 18.2 Å². The smallest absolute Gasteiger partial charge is 0.316 e. The number of carbonyl (C=O) groups excluding carboxylic acids is 2. The third-order valence-corrected chi connectivity index (χ3v) is 3.69. The zero-order chi connectivity index (χ0) is 12.3. The van der Waals surface area contributed by atoms with Crippen LogP contribution < -0.4 is 0 Å². The number of carbonyl (C=O) groups is 2. The average molecular weight is 254 g/mol. The van der Waals surface area contributed by atoms with E-state index in [1.165, 1.54) is 7.11 Å². The van der Waals surface area contributed by atoms with E-state index < -0.39 is 0 Å². The molecule has 1 unspecified atom stereocenters. The van der Waals surface area contributed by atoms with Crippen molar-refractivity contribution >= 4 is 34.5 Å². The van der Waals surface area contributed by atoms with Crippen LogP contribution in [0.1, 0.15) is 25.7 Å². The molecule has 6 heteroatoms. The zero-order valence-electron chi connectivity index (χ0n) is 9.64. The Morgan fingerprint density at radius 3 is 3.06 bits per heavy atom. The van der Waals surface area contributed by atoms with Gasteiger partial charge < -0.3 is 4.74 Å². The molecular weight excluding hydrogens is 240 g/mol. The first-order valence-corrected chi connectivity index (χ1v) is 6.59. The summed E-state index contributed by atoms with van der Waals surface area (Å²) in [6, 6.07) is 0. The van der Waals surface area contributed by atoms with E-state index in [0.29, 0.717) is 5.17 Å². The molecule has 17 heavy (non-hydrogen) atoms. The van der Waals surface area contributed by atoms with Gasteiger partial charge in [0.25, 0.3) is 5.91 Å². The van der Waals surface area contributed by atoms with Crippen molar-refractivity contribution in [3.63, 3.8) is 0 Å². The first-order chi connectivity index (χ1) is 8.20. The maximum atomic E-state index is 11.8. The van der Waals surface area contributed by atoms with Gasteiger partial charge in [-0.2, -0.15) is 4.99 Å². The summed E-state index contributed by atoms with van der Waals surface area (Å²) in [6.07, 6.45) is 3.87. The van der Waals surface area contributed by atoms with Crippen LogP contribution in [0.3, 0.4) is 0 Å². The van der Waals surface area contributed by atoms with E-state index in [9.17, 15) is 9.59 Å². The van der Waals surface area contributed by atoms with E-state index >= 15 is 0 Å². The molecule has 0 spiro atoms. The molecule has 0 aromatic carbocycles. The highest BCUT2D eigenvalue weighted by Crippen LogP contribution is 2.27. The predicted octanol–water partition coefficient (Wildman–Crippen LogP) is 1.42. The highest BCUT2D eigenvalue weighted by atomic mass is 32.2. The summed E-state index contributed by atoms with van der Waals surface area (Å²) in [4.78, 5) is 31.0. The molecule has 92 valence electrons. The SMILES string of the molecule is COC(=O)CSC1=NC(=O)C2CCCCC2=N1. The summed E-state index contributed by atoms with van der Waals surface area (Å²) >= 11 is 1.16. The van der Waals surface area contributed by atoms with Gasteiger partial charge in [0.15, 0.2) is 5.17 Å². The average Bonchev–Trinajstić information content (AvgIpc) is 2.36. The number of fused-ring (bicyclic) bond motifs is 1. The van der Waals surface area contributed by atoms with Gasteiger partial charge in [0.1, 0.15) is 0 Å². The van der Waals surface area contributed by atoms with E-state index in [4.69, 9.17) is 0 Å². The van der Waals surface area contributed by atoms with Crippen molar-refractivity contribution in [2.45, 2.75) is 25.7 Å². The van der Waals surface area contributed by atoms with Crippen LogP contribution in [0.4, 0.5) is 0 Å². The lowest BCUT2D eigenvalue weighted by molar-refractivity contribution is -0.137. The predicted molar refractivity (Wildman–Crippen MR) is 66.3 cm³/mol. The van der Waals surface area contributed by atoms with Crippen molar-refractivity contribution in [3.8, 4) is 0 Å². The lowest BCUT2D eigenvalue weighted by Crippen LogP contribution is -2.30. The van der Waals surface area contributed by atoms with Crippen molar-refractivity contribution in [3.05, 3.63) is 0 Å². The van der Waals surface area contributed by atoms with Crippen LogP contribution in [0, 0.1) is 5.92 Å². The molecule has 2 aliphatic rings. The second-order valence-corrected chi connectivity index (χ2v) is 4.94. The largest absolute Gasteiger partial charge is 0.468 e. The van der Waals surface area contributed by atoms with Crippen LogP contribution >= 0.6 is 11.8 Å². The quantitative estimate of drug-likeness (QED) is 0.699. The molecule has 1 saturated carbocycles. The molecule has 5 nitrogen and oxygen atoms in total. The summed E-state index contributed by atoms with van der Waals surface area (Å²) in [5, 5.41) is 0.397. The molecule has 0 aromatic rings. The number of thioether (sulfide) groups is 1. The first-order valence-electron chi connectivity index (χ1n) is 5.60. The van der Waals surface area contributed by atoms with Crippen LogP contribution in [0.25, 0.3) is 0 Å². The molecule has 1 heterocycles. The number of ether oxygens (including phenoxy) is 1. The lowest BCUT2D eigenvalue weighted by atomic mass is 9.86. The summed E-state index contributed by atoms with van der Waals surface area (Å²) in [5.41, 5.74) is 0.934. The number of methoxy groups -OCH3 is 1. The van der Waals surface area contributed by atoms with Gasteiger partial charge >= 0.3 is 5.97 Å². The Hall–Kier alpha value is -1.17. The lowest BCUT2D eigenvalue weighted by Gasteiger charge is -2.24. The Kier molecular flexibility index (Phi) is 3.93. The van der Waals surface area contributed by atoms with Crippen molar-refractivity contribution < 1.29 is 14.3 Å². The number of hydrogen-bond acceptors (Lipinski definition) is 5. The van der Waals surface area contributed by atoms with Gasteiger partial charge in [-0.15, -0.1) is 0 Å². The molecule has 2 rings (SSSR count). The summed E-state index contributed by atoms with van der Waals surface area (Å²) in [5.74, 6) is -0.409. The second-order valence-electron chi connectivity index (χ2n) is 4.00. The van der Waals surface area contributed by atoms with E-state index in [1.807, 2.05) is 0 Å². The summed E-state index contributed by atoms with van der Waals surface area (Å²) < 4.78 is 4.53. The van der Waals surface area contributed by atoms with Crippen molar-refractivity contribution in [1.29, 1.82) is 0 Å². The number of nitrogens with zero attached hydrogens (tertiary/aromatic N) is 2. The first kappa shape index (κ1) is 12.3. The fourth-order valence-corrected chi connectivity index (χ4v) is 2.66. The number of rotatable bonds is 2. The molecule has 0 aromatic heterocycles. The highest BCUT2D eigenvalue weighted by Gasteiger charge is 2.30. The molecule has 0 bridgehead atoms. The fourth-order valence-electron chi connectivity index (χ4n) is 1.96. The van der Waals surface area contributed by atoms with Crippen LogP contribution in [-0.2, 0) is 14.3 Å². The Morgan fingerprint density at radius 1 is 1.47 bits per heavy atom. The molecule has 1 atom stereocenters. The third-order valence-electron chi connectivity index (χ3n) is 2.87. The van der Waals surface area contributed by atoms with Crippen molar-refractivity contribution in [1.82, 2.24) is 0 Å². The van der Waals surface area contributed by atoms with E-state index in [2.05, 4.69) is 14.7 Å². The maximum Gasteiger partial charge on any atom is 0.316 e. The minimum atomic E-state index is -0.337. The van der Waals surface area contributed by atoms with Gasteiger partial charge in [-0.25, -0.2) is 4.99 Å². The van der Waals surface area contributed by atoms with Gasteiger partial charge in [-0.3, -0.25) is 9.59 Å². The zero-order valence-corrected chi connectivity index (χ0v) is 10.5. The van der Waals surface area contributed by atoms with Crippen molar-refractivity contribution in [2.24, 2.45) is 15.9 Å². The Morgan fingerprint density at radius 2 is 2.29 bits per heavy atom. The monoisotopic (exact) mass is 254 g/mol. The van der Waals surface area contributed by atoms with Crippen LogP contribution in [0.2, 0.25) is 0 Å². The number of amidine groups is 1. The van der Waals surface area contributed by atoms with E-state index in [1.54, 1.807) is 0 Å². The normalized spacial score (nSPS) is 23.6. The topological polar surface area (TPSA) is 68.1 Å². The number of esters is 1. The van der Waals surface area contributed by atoms with Crippen LogP contribution in [0.15, 0.2) is 9.98 Å². The molecule has 1 aliphatic carbocycles. The maximum absolute atomic E-state index is 11.8. The molecule has 0 radical (unpaired) electrons. The Labute approximate surface area is 104 Å². The van der Waals surface area contributed by atoms with Gasteiger partial charge in [0, 0.05) is 5.71 Å². The summed E-state index contributed by atoms with van der Waals surface area (Å²) in [6.45, 7) is 0. The molecular formula is C11H14N2O3S. The highest BCUT2D eigenvalue weighted by molar-refractivity contribution is 8.14. The van der Waals surface area contributed by atoms with E-state index in [-0.39, 0.29) is 23.5 Å². The van der Waals surface area contributed by atoms with Crippen molar-refractivity contribution in [2.75, 3.05) is 12.9 Å². The Balaban J connectivity index is 2.02. The van der Waals surface area contributed by atoms with Crippen LogP contribution in [-0.4, -0.2) is 35.6 Å². The van der Waals surface area contributed by atoms with Gasteiger partial charge in [0.2, 0.25) is 0 Å².